The van der Waals surface area contributed by atoms with Gasteiger partial charge in [0.05, 0.1) is 0 Å². The molecule has 4 nitrogen and oxygen atoms in total. The largest absolute Gasteiger partial charge is 0.508 e. The van der Waals surface area contributed by atoms with Crippen LogP contribution in [0, 0.1) is 6.92 Å². The highest BCUT2D eigenvalue weighted by Crippen LogP contribution is 2.29. The summed E-state index contributed by atoms with van der Waals surface area (Å²) in [6.07, 6.45) is 1.54. The Morgan fingerprint density at radius 2 is 1.94 bits per heavy atom. The second kappa shape index (κ2) is 5.49. The summed E-state index contributed by atoms with van der Waals surface area (Å²) in [4.78, 5) is 1.84. The Bertz CT molecular complexity index is 502. The van der Waals surface area contributed by atoms with Crippen molar-refractivity contribution in [3.05, 3.63) is 46.9 Å². The minimum absolute atomic E-state index is 0.244. The van der Waals surface area contributed by atoms with Gasteiger partial charge in [0.1, 0.15) is 11.6 Å². The van der Waals surface area contributed by atoms with E-state index in [-0.39, 0.29) is 5.75 Å². The quantitative estimate of drug-likeness (QED) is 0.711. The molecule has 0 fully saturated rings. The van der Waals surface area contributed by atoms with Gasteiger partial charge in [-0.3, -0.25) is 0 Å². The fourth-order valence-electron chi connectivity index (χ4n) is 1.79. The van der Waals surface area contributed by atoms with Crippen molar-refractivity contribution in [1.82, 2.24) is 4.90 Å². The van der Waals surface area contributed by atoms with E-state index in [0.29, 0.717) is 5.82 Å². The summed E-state index contributed by atoms with van der Waals surface area (Å²) >= 11 is 0. The van der Waals surface area contributed by atoms with E-state index < -0.39 is 0 Å². The second-order valence-electron chi connectivity index (χ2n) is 4.50. The fourth-order valence-corrected chi connectivity index (χ4v) is 1.79. The summed E-state index contributed by atoms with van der Waals surface area (Å²) in [7, 11) is 3.77. The van der Waals surface area contributed by atoms with Crippen LogP contribution in [0.2, 0.25) is 0 Å². The molecule has 0 saturated heterocycles. The molecule has 1 aromatic rings. The molecular weight excluding hydrogens is 226 g/mol. The monoisotopic (exact) mass is 247 g/mol. The van der Waals surface area contributed by atoms with Gasteiger partial charge in [0.25, 0.3) is 0 Å². The number of nitrogens with zero attached hydrogens (tertiary/aromatic N) is 1. The Hall–Kier alpha value is -2.10. The topological polar surface area (TPSA) is 75.5 Å². The number of benzene rings is 1. The zero-order valence-corrected chi connectivity index (χ0v) is 11.4. The molecule has 0 aromatic heterocycles. The standard InChI is InChI=1S/C14H21N3O/c1-9-7-11(18)5-6-12(9)13(10(2)8-15)14(16)17(3)4/h5-8,18H,15-16H2,1-4H3/b10-8-,14-13-. The summed E-state index contributed by atoms with van der Waals surface area (Å²) in [5.74, 6) is 0.886. The molecule has 18 heavy (non-hydrogen) atoms. The molecule has 0 unspecified atom stereocenters. The first kappa shape index (κ1) is 14.0. The lowest BCUT2D eigenvalue weighted by Crippen LogP contribution is -2.21. The van der Waals surface area contributed by atoms with E-state index in [9.17, 15) is 5.11 Å². The Morgan fingerprint density at radius 1 is 1.33 bits per heavy atom. The molecule has 0 atom stereocenters. The van der Waals surface area contributed by atoms with Gasteiger partial charge >= 0.3 is 0 Å². The first-order valence-corrected chi connectivity index (χ1v) is 5.74. The molecule has 0 aliphatic carbocycles. The number of nitrogens with two attached hydrogens (primary N) is 2. The van der Waals surface area contributed by atoms with Gasteiger partial charge in [-0.15, -0.1) is 0 Å². The number of rotatable bonds is 3. The fraction of sp³-hybridized carbons (Fsp3) is 0.286. The van der Waals surface area contributed by atoms with Gasteiger partial charge in [0, 0.05) is 19.7 Å². The summed E-state index contributed by atoms with van der Waals surface area (Å²) < 4.78 is 0. The van der Waals surface area contributed by atoms with E-state index in [1.165, 1.54) is 6.20 Å². The maximum absolute atomic E-state index is 9.47. The van der Waals surface area contributed by atoms with E-state index >= 15 is 0 Å². The summed E-state index contributed by atoms with van der Waals surface area (Å²) in [6, 6.07) is 5.21. The van der Waals surface area contributed by atoms with E-state index in [1.807, 2.05) is 38.9 Å². The van der Waals surface area contributed by atoms with Gasteiger partial charge in [-0.25, -0.2) is 0 Å². The summed E-state index contributed by atoms with van der Waals surface area (Å²) in [5, 5.41) is 9.47. The van der Waals surface area contributed by atoms with E-state index in [1.54, 1.807) is 12.1 Å². The van der Waals surface area contributed by atoms with E-state index in [4.69, 9.17) is 11.5 Å². The number of phenols is 1. The van der Waals surface area contributed by atoms with Crippen LogP contribution in [0.5, 0.6) is 5.75 Å². The minimum atomic E-state index is 0.244. The first-order valence-electron chi connectivity index (χ1n) is 5.74. The molecule has 98 valence electrons. The van der Waals surface area contributed by atoms with Crippen molar-refractivity contribution in [1.29, 1.82) is 0 Å². The van der Waals surface area contributed by atoms with Crippen molar-refractivity contribution >= 4 is 5.57 Å². The lowest BCUT2D eigenvalue weighted by Gasteiger charge is -2.20. The summed E-state index contributed by atoms with van der Waals surface area (Å²) in [6.45, 7) is 3.85. The van der Waals surface area contributed by atoms with Crippen molar-refractivity contribution in [3.63, 3.8) is 0 Å². The van der Waals surface area contributed by atoms with Crippen molar-refractivity contribution in [2.45, 2.75) is 13.8 Å². The van der Waals surface area contributed by atoms with Crippen LogP contribution >= 0.6 is 0 Å². The highest BCUT2D eigenvalue weighted by Gasteiger charge is 2.13. The predicted molar refractivity (Wildman–Crippen MR) is 75.6 cm³/mol. The molecule has 0 aliphatic heterocycles. The van der Waals surface area contributed by atoms with Crippen LogP contribution in [0.25, 0.3) is 5.57 Å². The van der Waals surface area contributed by atoms with Gasteiger partial charge in [0.2, 0.25) is 0 Å². The third-order valence-electron chi connectivity index (χ3n) is 2.86. The molecule has 0 aliphatic rings. The Morgan fingerprint density at radius 3 is 2.39 bits per heavy atom. The van der Waals surface area contributed by atoms with Gasteiger partial charge < -0.3 is 21.5 Å². The zero-order chi connectivity index (χ0) is 13.9. The summed E-state index contributed by atoms with van der Waals surface area (Å²) in [5.41, 5.74) is 15.4. The lowest BCUT2D eigenvalue weighted by molar-refractivity contribution is 0.475. The number of allylic oxidation sites excluding steroid dienone is 2. The van der Waals surface area contributed by atoms with Crippen LogP contribution in [0.1, 0.15) is 18.1 Å². The van der Waals surface area contributed by atoms with Crippen molar-refractivity contribution in [2.24, 2.45) is 11.5 Å². The molecule has 0 amide bonds. The van der Waals surface area contributed by atoms with Crippen LogP contribution in [-0.4, -0.2) is 24.1 Å². The third kappa shape index (κ3) is 2.77. The SMILES string of the molecule is CC(=C/N)/C(=C(\N)N(C)C)c1ccc(O)cc1C. The number of hydrogen-bond donors (Lipinski definition) is 3. The predicted octanol–water partition coefficient (Wildman–Crippen LogP) is 1.75. The molecule has 5 N–H and O–H groups in total. The maximum Gasteiger partial charge on any atom is 0.115 e. The van der Waals surface area contributed by atoms with Crippen molar-refractivity contribution in [3.8, 4) is 5.75 Å². The van der Waals surface area contributed by atoms with Crippen LogP contribution in [0.4, 0.5) is 0 Å². The second-order valence-corrected chi connectivity index (χ2v) is 4.50. The molecule has 0 saturated carbocycles. The van der Waals surface area contributed by atoms with Crippen LogP contribution in [0.15, 0.2) is 35.8 Å². The van der Waals surface area contributed by atoms with Crippen LogP contribution in [-0.2, 0) is 0 Å². The highest BCUT2D eigenvalue weighted by molar-refractivity contribution is 5.81. The van der Waals surface area contributed by atoms with Gasteiger partial charge in [-0.2, -0.15) is 0 Å². The maximum atomic E-state index is 9.47. The molecular formula is C14H21N3O. The molecule has 0 heterocycles. The van der Waals surface area contributed by atoms with E-state index in [0.717, 1.165) is 22.3 Å². The average molecular weight is 247 g/mol. The average Bonchev–Trinajstić information content (AvgIpc) is 2.31. The molecule has 1 aromatic carbocycles. The molecule has 0 radical (unpaired) electrons. The van der Waals surface area contributed by atoms with Crippen molar-refractivity contribution < 1.29 is 5.11 Å². The first-order chi connectivity index (χ1) is 8.38. The number of phenolic OH excluding ortho intramolecular Hbond substituents is 1. The minimum Gasteiger partial charge on any atom is -0.508 e. The van der Waals surface area contributed by atoms with Gasteiger partial charge in [0.15, 0.2) is 0 Å². The smallest absolute Gasteiger partial charge is 0.115 e. The van der Waals surface area contributed by atoms with E-state index in [2.05, 4.69) is 0 Å². The Kier molecular flexibility index (Phi) is 4.26. The van der Waals surface area contributed by atoms with Crippen LogP contribution in [0.3, 0.4) is 0 Å². The number of aryl methyl sites for hydroxylation is 1. The zero-order valence-electron chi connectivity index (χ0n) is 11.4. The Labute approximate surface area is 108 Å². The van der Waals surface area contributed by atoms with Gasteiger partial charge in [-0.05, 0) is 48.9 Å². The third-order valence-corrected chi connectivity index (χ3v) is 2.86. The number of hydrogen-bond acceptors (Lipinski definition) is 4. The molecule has 1 rings (SSSR count). The lowest BCUT2D eigenvalue weighted by atomic mass is 9.95. The molecule has 0 spiro atoms. The normalized spacial score (nSPS) is 13.2. The number of aromatic hydroxyl groups is 1. The van der Waals surface area contributed by atoms with Crippen molar-refractivity contribution in [2.75, 3.05) is 14.1 Å². The highest BCUT2D eigenvalue weighted by atomic mass is 16.3. The van der Waals surface area contributed by atoms with Crippen LogP contribution < -0.4 is 11.5 Å². The molecule has 0 bridgehead atoms. The van der Waals surface area contributed by atoms with Gasteiger partial charge in [-0.1, -0.05) is 6.07 Å². The molecule has 4 heteroatoms. The Balaban J connectivity index is 3.50.